The van der Waals surface area contributed by atoms with Crippen molar-refractivity contribution in [1.82, 2.24) is 0 Å². The van der Waals surface area contributed by atoms with Crippen LogP contribution in [0.3, 0.4) is 0 Å². The van der Waals surface area contributed by atoms with Crippen LogP contribution in [-0.4, -0.2) is 25.4 Å². The van der Waals surface area contributed by atoms with Crippen molar-refractivity contribution in [2.75, 3.05) is 14.2 Å². The summed E-state index contributed by atoms with van der Waals surface area (Å²) in [6, 6.07) is 5.02. The maximum atomic E-state index is 9.94. The summed E-state index contributed by atoms with van der Waals surface area (Å²) in [6.45, 7) is 3.87. The van der Waals surface area contributed by atoms with Crippen LogP contribution in [0.4, 0.5) is 0 Å². The van der Waals surface area contributed by atoms with Crippen LogP contribution in [0, 0.1) is 5.92 Å². The minimum absolute atomic E-state index is 0. The molecule has 2 atom stereocenters. The van der Waals surface area contributed by atoms with Crippen LogP contribution < -0.4 is 15.2 Å². The van der Waals surface area contributed by atoms with Crippen LogP contribution in [-0.2, 0) is 0 Å². The third kappa shape index (κ3) is 3.77. The summed E-state index contributed by atoms with van der Waals surface area (Å²) in [5, 5.41) is 9.94. The van der Waals surface area contributed by atoms with Crippen molar-refractivity contribution in [2.24, 2.45) is 11.7 Å². The quantitative estimate of drug-likeness (QED) is 0.864. The Morgan fingerprint density at radius 2 is 1.67 bits per heavy atom. The molecule has 0 radical (unpaired) electrons. The summed E-state index contributed by atoms with van der Waals surface area (Å²) in [5.74, 6) is 1.39. The largest absolute Gasteiger partial charge is 0.493 e. The first-order valence-electron chi connectivity index (χ1n) is 5.66. The highest BCUT2D eigenvalue weighted by Gasteiger charge is 2.21. The van der Waals surface area contributed by atoms with E-state index in [-0.39, 0.29) is 18.3 Å². The third-order valence-electron chi connectivity index (χ3n) is 2.84. The van der Waals surface area contributed by atoms with E-state index in [1.807, 2.05) is 19.9 Å². The van der Waals surface area contributed by atoms with Gasteiger partial charge < -0.3 is 20.3 Å². The zero-order valence-corrected chi connectivity index (χ0v) is 12.0. The van der Waals surface area contributed by atoms with E-state index in [4.69, 9.17) is 15.2 Å². The van der Waals surface area contributed by atoms with E-state index in [2.05, 4.69) is 0 Å². The van der Waals surface area contributed by atoms with Crippen LogP contribution in [0.15, 0.2) is 18.2 Å². The molecule has 0 saturated carbocycles. The number of aliphatic hydroxyl groups excluding tert-OH is 1. The molecule has 4 nitrogen and oxygen atoms in total. The maximum absolute atomic E-state index is 9.94. The van der Waals surface area contributed by atoms with Gasteiger partial charge in [-0.1, -0.05) is 19.9 Å². The van der Waals surface area contributed by atoms with Crippen molar-refractivity contribution >= 4 is 12.4 Å². The predicted molar refractivity (Wildman–Crippen MR) is 74.6 cm³/mol. The van der Waals surface area contributed by atoms with E-state index < -0.39 is 12.1 Å². The molecule has 1 rings (SSSR count). The first-order chi connectivity index (χ1) is 8.01. The fourth-order valence-electron chi connectivity index (χ4n) is 1.67. The molecule has 0 bridgehead atoms. The molecule has 5 heteroatoms. The zero-order valence-electron chi connectivity index (χ0n) is 11.2. The highest BCUT2D eigenvalue weighted by Crippen LogP contribution is 2.31. The molecular formula is C13H22ClNO3. The Kier molecular flexibility index (Phi) is 7.06. The second kappa shape index (κ2) is 7.46. The Labute approximate surface area is 115 Å². The molecule has 0 aliphatic carbocycles. The van der Waals surface area contributed by atoms with Gasteiger partial charge in [-0.2, -0.15) is 0 Å². The lowest BCUT2D eigenvalue weighted by Crippen LogP contribution is -2.30. The normalized spacial score (nSPS) is 13.7. The van der Waals surface area contributed by atoms with Gasteiger partial charge in [0.2, 0.25) is 0 Å². The Morgan fingerprint density at radius 1 is 1.11 bits per heavy atom. The molecule has 0 aliphatic heterocycles. The number of hydrogen-bond donors (Lipinski definition) is 2. The Morgan fingerprint density at radius 3 is 2.11 bits per heavy atom. The van der Waals surface area contributed by atoms with Crippen molar-refractivity contribution < 1.29 is 14.6 Å². The van der Waals surface area contributed by atoms with Gasteiger partial charge in [-0.05, 0) is 23.6 Å². The smallest absolute Gasteiger partial charge is 0.161 e. The molecule has 18 heavy (non-hydrogen) atoms. The average molecular weight is 276 g/mol. The SMILES string of the molecule is COc1ccc([C@@H](N)[C@@H](O)C(C)C)cc1OC.Cl. The van der Waals surface area contributed by atoms with Gasteiger partial charge in [0.05, 0.1) is 26.4 Å². The molecule has 0 heterocycles. The fraction of sp³-hybridized carbons (Fsp3) is 0.538. The van der Waals surface area contributed by atoms with Crippen molar-refractivity contribution in [3.8, 4) is 11.5 Å². The van der Waals surface area contributed by atoms with Crippen LogP contribution in [0.5, 0.6) is 11.5 Å². The van der Waals surface area contributed by atoms with E-state index in [1.165, 1.54) is 0 Å². The summed E-state index contributed by atoms with van der Waals surface area (Å²) in [6.07, 6.45) is -0.576. The molecule has 1 aromatic carbocycles. The lowest BCUT2D eigenvalue weighted by molar-refractivity contribution is 0.0978. The van der Waals surface area contributed by atoms with Gasteiger partial charge in [0.1, 0.15) is 0 Å². The lowest BCUT2D eigenvalue weighted by Gasteiger charge is -2.23. The monoisotopic (exact) mass is 275 g/mol. The molecule has 0 spiro atoms. The number of benzene rings is 1. The van der Waals surface area contributed by atoms with Crippen LogP contribution >= 0.6 is 12.4 Å². The van der Waals surface area contributed by atoms with Gasteiger partial charge in [0, 0.05) is 0 Å². The molecule has 0 amide bonds. The standard InChI is InChI=1S/C13H21NO3.ClH/c1-8(2)13(15)12(14)9-5-6-10(16-3)11(7-9)17-4;/h5-8,12-13,15H,14H2,1-4H3;1H/t12-,13+;/m1./s1. The van der Waals surface area contributed by atoms with Gasteiger partial charge in [-0.3, -0.25) is 0 Å². The number of rotatable bonds is 5. The third-order valence-corrected chi connectivity index (χ3v) is 2.84. The molecule has 3 N–H and O–H groups in total. The van der Waals surface area contributed by atoms with Crippen LogP contribution in [0.2, 0.25) is 0 Å². The predicted octanol–water partition coefficient (Wildman–Crippen LogP) is 2.14. The Hall–Kier alpha value is -0.970. The highest BCUT2D eigenvalue weighted by molar-refractivity contribution is 5.85. The van der Waals surface area contributed by atoms with E-state index in [9.17, 15) is 5.11 Å². The number of ether oxygens (including phenoxy) is 2. The van der Waals surface area contributed by atoms with Crippen molar-refractivity contribution in [3.63, 3.8) is 0 Å². The highest BCUT2D eigenvalue weighted by atomic mass is 35.5. The van der Waals surface area contributed by atoms with Gasteiger partial charge in [-0.15, -0.1) is 12.4 Å². The molecule has 0 fully saturated rings. The molecular weight excluding hydrogens is 254 g/mol. The molecule has 104 valence electrons. The molecule has 0 aliphatic rings. The number of methoxy groups -OCH3 is 2. The zero-order chi connectivity index (χ0) is 13.0. The van der Waals surface area contributed by atoms with Gasteiger partial charge in [0.15, 0.2) is 11.5 Å². The second-order valence-corrected chi connectivity index (χ2v) is 4.37. The van der Waals surface area contributed by atoms with Gasteiger partial charge in [0.25, 0.3) is 0 Å². The van der Waals surface area contributed by atoms with E-state index in [0.29, 0.717) is 11.5 Å². The molecule has 0 unspecified atom stereocenters. The first kappa shape index (κ1) is 17.0. The fourth-order valence-corrected chi connectivity index (χ4v) is 1.67. The topological polar surface area (TPSA) is 64.7 Å². The Bertz CT molecular complexity index is 371. The minimum atomic E-state index is -0.576. The van der Waals surface area contributed by atoms with Gasteiger partial charge >= 0.3 is 0 Å². The summed E-state index contributed by atoms with van der Waals surface area (Å²) in [7, 11) is 3.16. The van der Waals surface area contributed by atoms with Crippen molar-refractivity contribution in [2.45, 2.75) is 26.0 Å². The maximum Gasteiger partial charge on any atom is 0.161 e. The lowest BCUT2D eigenvalue weighted by atomic mass is 9.94. The number of hydrogen-bond acceptors (Lipinski definition) is 4. The van der Waals surface area contributed by atoms with Crippen molar-refractivity contribution in [1.29, 1.82) is 0 Å². The number of nitrogens with two attached hydrogens (primary N) is 1. The first-order valence-corrected chi connectivity index (χ1v) is 5.66. The number of aliphatic hydroxyl groups is 1. The summed E-state index contributed by atoms with van der Waals surface area (Å²) < 4.78 is 10.4. The van der Waals surface area contributed by atoms with E-state index in [1.54, 1.807) is 26.4 Å². The van der Waals surface area contributed by atoms with Crippen LogP contribution in [0.1, 0.15) is 25.5 Å². The molecule has 0 saturated heterocycles. The summed E-state index contributed by atoms with van der Waals surface area (Å²) in [5.41, 5.74) is 6.85. The number of halogens is 1. The van der Waals surface area contributed by atoms with Crippen LogP contribution in [0.25, 0.3) is 0 Å². The second-order valence-electron chi connectivity index (χ2n) is 4.37. The Balaban J connectivity index is 0.00000289. The van der Waals surface area contributed by atoms with E-state index in [0.717, 1.165) is 5.56 Å². The summed E-state index contributed by atoms with van der Waals surface area (Å²) in [4.78, 5) is 0. The average Bonchev–Trinajstić information content (AvgIpc) is 2.35. The van der Waals surface area contributed by atoms with Gasteiger partial charge in [-0.25, -0.2) is 0 Å². The summed E-state index contributed by atoms with van der Waals surface area (Å²) >= 11 is 0. The molecule has 1 aromatic rings. The van der Waals surface area contributed by atoms with E-state index >= 15 is 0 Å². The molecule has 0 aromatic heterocycles. The van der Waals surface area contributed by atoms with Crippen molar-refractivity contribution in [3.05, 3.63) is 23.8 Å². The minimum Gasteiger partial charge on any atom is -0.493 e.